The fraction of sp³-hybridized carbons (Fsp3) is 0.190. The fourth-order valence-electron chi connectivity index (χ4n) is 2.80. The fourth-order valence-corrected chi connectivity index (χ4v) is 3.32. The van der Waals surface area contributed by atoms with E-state index in [4.69, 9.17) is 4.74 Å². The number of rotatable bonds is 6. The standard InChI is InChI=1S/C21H17BrFNO4/c1-2-28-18(26)10-9-17(25)20-21(27)19(22)15-8-5-13(11-16(15)24-20)12-3-6-14(23)7-4-12/h3-8,11,27H,2,9-10H2,1H3. The molecular weight excluding hydrogens is 429 g/mol. The van der Waals surface area contributed by atoms with Crippen LogP contribution in [0.1, 0.15) is 30.3 Å². The van der Waals surface area contributed by atoms with E-state index in [1.54, 1.807) is 31.2 Å². The van der Waals surface area contributed by atoms with Gasteiger partial charge in [-0.15, -0.1) is 0 Å². The zero-order chi connectivity index (χ0) is 20.3. The second-order valence-electron chi connectivity index (χ2n) is 6.09. The molecule has 1 N–H and O–H groups in total. The van der Waals surface area contributed by atoms with E-state index in [0.717, 1.165) is 11.1 Å². The number of aromatic hydroxyl groups is 1. The topological polar surface area (TPSA) is 76.5 Å². The summed E-state index contributed by atoms with van der Waals surface area (Å²) >= 11 is 3.31. The van der Waals surface area contributed by atoms with Crippen LogP contribution in [0.15, 0.2) is 46.9 Å². The van der Waals surface area contributed by atoms with Crippen LogP contribution in [0.5, 0.6) is 5.75 Å². The molecule has 0 bridgehead atoms. The molecule has 0 radical (unpaired) electrons. The second-order valence-corrected chi connectivity index (χ2v) is 6.88. The maximum atomic E-state index is 13.2. The summed E-state index contributed by atoms with van der Waals surface area (Å²) in [6.45, 7) is 1.93. The van der Waals surface area contributed by atoms with Crippen molar-refractivity contribution < 1.29 is 23.8 Å². The molecule has 0 spiro atoms. The SMILES string of the molecule is CCOC(=O)CCC(=O)c1nc2cc(-c3ccc(F)cc3)ccc2c(Br)c1O. The van der Waals surface area contributed by atoms with Gasteiger partial charge in [0, 0.05) is 11.8 Å². The maximum absolute atomic E-state index is 13.2. The van der Waals surface area contributed by atoms with E-state index < -0.39 is 11.8 Å². The molecule has 1 aromatic heterocycles. The second kappa shape index (κ2) is 8.48. The lowest BCUT2D eigenvalue weighted by molar-refractivity contribution is -0.143. The van der Waals surface area contributed by atoms with Crippen molar-refractivity contribution in [2.75, 3.05) is 6.61 Å². The molecular formula is C21H17BrFNO4. The summed E-state index contributed by atoms with van der Waals surface area (Å²) in [6.07, 6.45) is -0.200. The van der Waals surface area contributed by atoms with Gasteiger partial charge in [-0.3, -0.25) is 9.59 Å². The molecule has 0 aliphatic heterocycles. The first-order chi connectivity index (χ1) is 13.4. The van der Waals surface area contributed by atoms with Crippen molar-refractivity contribution in [2.45, 2.75) is 19.8 Å². The number of Topliss-reactive ketones (excluding diaryl/α,β-unsaturated/α-hetero) is 1. The number of hydrogen-bond acceptors (Lipinski definition) is 5. The molecule has 144 valence electrons. The molecule has 0 fully saturated rings. The first kappa shape index (κ1) is 19.9. The number of aromatic nitrogens is 1. The molecule has 28 heavy (non-hydrogen) atoms. The predicted octanol–water partition coefficient (Wildman–Crippen LogP) is 5.04. The van der Waals surface area contributed by atoms with Crippen LogP contribution < -0.4 is 0 Å². The van der Waals surface area contributed by atoms with Gasteiger partial charge < -0.3 is 9.84 Å². The molecule has 1 heterocycles. The van der Waals surface area contributed by atoms with Gasteiger partial charge in [-0.05, 0) is 52.2 Å². The minimum Gasteiger partial charge on any atom is -0.504 e. The Kier molecular flexibility index (Phi) is 6.04. The van der Waals surface area contributed by atoms with Crippen molar-refractivity contribution >= 4 is 38.6 Å². The van der Waals surface area contributed by atoms with Crippen molar-refractivity contribution in [2.24, 2.45) is 0 Å². The minimum absolute atomic E-state index is 0.0843. The smallest absolute Gasteiger partial charge is 0.306 e. The third kappa shape index (κ3) is 4.20. The highest BCUT2D eigenvalue weighted by molar-refractivity contribution is 9.10. The molecule has 7 heteroatoms. The van der Waals surface area contributed by atoms with E-state index >= 15 is 0 Å². The van der Waals surface area contributed by atoms with Crippen LogP contribution >= 0.6 is 15.9 Å². The Morgan fingerprint density at radius 2 is 1.79 bits per heavy atom. The molecule has 0 aliphatic rings. The number of halogens is 2. The number of benzene rings is 2. The zero-order valence-electron chi connectivity index (χ0n) is 15.0. The van der Waals surface area contributed by atoms with Gasteiger partial charge in [-0.2, -0.15) is 0 Å². The Morgan fingerprint density at radius 1 is 1.11 bits per heavy atom. The third-order valence-corrected chi connectivity index (χ3v) is 5.00. The molecule has 0 amide bonds. The molecule has 0 unspecified atom stereocenters. The number of carbonyl (C=O) groups excluding carboxylic acids is 2. The van der Waals surface area contributed by atoms with Crippen LogP contribution in [0, 0.1) is 5.82 Å². The van der Waals surface area contributed by atoms with E-state index in [1.165, 1.54) is 12.1 Å². The summed E-state index contributed by atoms with van der Waals surface area (Å²) in [4.78, 5) is 28.3. The first-order valence-corrected chi connectivity index (χ1v) is 9.47. The average molecular weight is 446 g/mol. The largest absolute Gasteiger partial charge is 0.504 e. The highest BCUT2D eigenvalue weighted by atomic mass is 79.9. The molecule has 0 aliphatic carbocycles. The molecule has 0 saturated carbocycles. The van der Waals surface area contributed by atoms with Crippen LogP contribution in [-0.4, -0.2) is 28.4 Å². The van der Waals surface area contributed by atoms with Crippen LogP contribution in [0.4, 0.5) is 4.39 Å². The average Bonchev–Trinajstić information content (AvgIpc) is 2.69. The quantitative estimate of drug-likeness (QED) is 0.425. The predicted molar refractivity (Wildman–Crippen MR) is 107 cm³/mol. The summed E-state index contributed by atoms with van der Waals surface area (Å²) in [6, 6.07) is 11.4. The van der Waals surface area contributed by atoms with Gasteiger partial charge >= 0.3 is 5.97 Å². The summed E-state index contributed by atoms with van der Waals surface area (Å²) in [5.74, 6) is -1.53. The van der Waals surface area contributed by atoms with E-state index in [-0.39, 0.29) is 36.7 Å². The van der Waals surface area contributed by atoms with Gasteiger partial charge in [0.2, 0.25) is 0 Å². The van der Waals surface area contributed by atoms with Gasteiger partial charge in [-0.25, -0.2) is 9.37 Å². The van der Waals surface area contributed by atoms with Gasteiger partial charge in [0.05, 0.1) is 23.0 Å². The number of esters is 1. The van der Waals surface area contributed by atoms with E-state index in [2.05, 4.69) is 20.9 Å². The summed E-state index contributed by atoms with van der Waals surface area (Å²) in [7, 11) is 0. The molecule has 3 aromatic rings. The van der Waals surface area contributed by atoms with E-state index in [1.807, 2.05) is 6.07 Å². The lowest BCUT2D eigenvalue weighted by atomic mass is 10.0. The number of fused-ring (bicyclic) bond motifs is 1. The van der Waals surface area contributed by atoms with Gasteiger partial charge in [0.1, 0.15) is 11.5 Å². The highest BCUT2D eigenvalue weighted by Gasteiger charge is 2.20. The Labute approximate surface area is 169 Å². The van der Waals surface area contributed by atoms with Crippen molar-refractivity contribution in [3.63, 3.8) is 0 Å². The van der Waals surface area contributed by atoms with Gasteiger partial charge in [0.15, 0.2) is 11.5 Å². The van der Waals surface area contributed by atoms with Crippen LogP contribution in [0.2, 0.25) is 0 Å². The van der Waals surface area contributed by atoms with Gasteiger partial charge in [-0.1, -0.05) is 24.3 Å². The molecule has 0 saturated heterocycles. The van der Waals surface area contributed by atoms with Gasteiger partial charge in [0.25, 0.3) is 0 Å². The van der Waals surface area contributed by atoms with Crippen molar-refractivity contribution in [1.29, 1.82) is 0 Å². The number of ether oxygens (including phenoxy) is 1. The molecule has 5 nitrogen and oxygen atoms in total. The number of carbonyl (C=O) groups is 2. The lowest BCUT2D eigenvalue weighted by Crippen LogP contribution is -2.09. The summed E-state index contributed by atoms with van der Waals surface area (Å²) in [5, 5.41) is 11.0. The lowest BCUT2D eigenvalue weighted by Gasteiger charge is -2.10. The maximum Gasteiger partial charge on any atom is 0.306 e. The minimum atomic E-state index is -0.478. The molecule has 0 atom stereocenters. The molecule has 3 rings (SSSR count). The van der Waals surface area contributed by atoms with Crippen LogP contribution in [0.3, 0.4) is 0 Å². The Bertz CT molecular complexity index is 1050. The normalized spacial score (nSPS) is 10.8. The summed E-state index contributed by atoms with van der Waals surface area (Å²) < 4.78 is 18.3. The Hall–Kier alpha value is -2.80. The number of ketones is 1. The van der Waals surface area contributed by atoms with Crippen molar-refractivity contribution in [1.82, 2.24) is 4.98 Å². The summed E-state index contributed by atoms with van der Waals surface area (Å²) in [5.41, 5.74) is 1.97. The number of nitrogens with zero attached hydrogens (tertiary/aromatic N) is 1. The van der Waals surface area contributed by atoms with Crippen LogP contribution in [-0.2, 0) is 9.53 Å². The van der Waals surface area contributed by atoms with Crippen molar-refractivity contribution in [3.8, 4) is 16.9 Å². The monoisotopic (exact) mass is 445 g/mol. The highest BCUT2D eigenvalue weighted by Crippen LogP contribution is 2.36. The molecule has 2 aromatic carbocycles. The number of hydrogen-bond donors (Lipinski definition) is 1. The number of pyridine rings is 1. The Morgan fingerprint density at radius 3 is 2.46 bits per heavy atom. The zero-order valence-corrected chi connectivity index (χ0v) is 16.6. The van der Waals surface area contributed by atoms with E-state index in [0.29, 0.717) is 15.4 Å². The Balaban J connectivity index is 1.97. The van der Waals surface area contributed by atoms with Crippen LogP contribution in [0.25, 0.3) is 22.0 Å². The van der Waals surface area contributed by atoms with E-state index in [9.17, 15) is 19.1 Å². The third-order valence-electron chi connectivity index (χ3n) is 4.20. The first-order valence-electron chi connectivity index (χ1n) is 8.67. The van der Waals surface area contributed by atoms with Crippen molar-refractivity contribution in [3.05, 3.63) is 58.4 Å².